The molecule has 0 fully saturated rings. The van der Waals surface area contributed by atoms with Crippen LogP contribution in [0.5, 0.6) is 11.9 Å². The van der Waals surface area contributed by atoms with Gasteiger partial charge < -0.3 is 9.47 Å². The van der Waals surface area contributed by atoms with Crippen LogP contribution in [0.3, 0.4) is 0 Å². The van der Waals surface area contributed by atoms with Crippen LogP contribution in [0.25, 0.3) is 16.6 Å². The predicted molar refractivity (Wildman–Crippen MR) is 77.3 cm³/mol. The monoisotopic (exact) mass is 316 g/mol. The molecule has 0 aromatic carbocycles. The van der Waals surface area contributed by atoms with Crippen LogP contribution < -0.4 is 9.47 Å². The summed E-state index contributed by atoms with van der Waals surface area (Å²) in [5.74, 6) is 0.280. The zero-order chi connectivity index (χ0) is 15.7. The Labute approximate surface area is 129 Å². The van der Waals surface area contributed by atoms with E-state index in [-0.39, 0.29) is 17.0 Å². The molecule has 0 bridgehead atoms. The molecule has 110 valence electrons. The highest BCUT2D eigenvalue weighted by atomic mass is 35.5. The maximum atomic E-state index is 9.13. The van der Waals surface area contributed by atoms with Crippen molar-refractivity contribution >= 4 is 22.5 Å². The van der Waals surface area contributed by atoms with Crippen molar-refractivity contribution in [1.29, 1.82) is 5.26 Å². The van der Waals surface area contributed by atoms with Gasteiger partial charge in [0.05, 0.1) is 31.4 Å². The van der Waals surface area contributed by atoms with E-state index in [4.69, 9.17) is 26.3 Å². The summed E-state index contributed by atoms with van der Waals surface area (Å²) in [6.45, 7) is 0. The number of hydrogen-bond donors (Lipinski definition) is 0. The molecule has 9 heteroatoms. The van der Waals surface area contributed by atoms with Crippen LogP contribution in [-0.4, -0.2) is 39.0 Å². The van der Waals surface area contributed by atoms with Gasteiger partial charge in [0.2, 0.25) is 5.88 Å². The van der Waals surface area contributed by atoms with E-state index >= 15 is 0 Å². The topological polar surface area (TPSA) is 98.7 Å². The molecule has 0 aliphatic carbocycles. The number of fused-ring (bicyclic) bond motifs is 1. The molecule has 0 aliphatic rings. The lowest BCUT2D eigenvalue weighted by molar-refractivity contribution is 0.350. The second kappa shape index (κ2) is 5.46. The number of methoxy groups -OCH3 is 2. The Bertz CT molecular complexity index is 901. The lowest BCUT2D eigenvalue weighted by Gasteiger charge is -2.07. The van der Waals surface area contributed by atoms with Crippen molar-refractivity contribution < 1.29 is 9.47 Å². The number of aromatic nitrogens is 5. The van der Waals surface area contributed by atoms with Gasteiger partial charge in [0, 0.05) is 12.4 Å². The first kappa shape index (κ1) is 14.0. The third-order valence-corrected chi connectivity index (χ3v) is 3.26. The lowest BCUT2D eigenvalue weighted by Crippen LogP contribution is -2.03. The molecule has 3 aromatic heterocycles. The molecule has 0 N–H and O–H groups in total. The fourth-order valence-corrected chi connectivity index (χ4v) is 2.12. The normalized spacial score (nSPS) is 10.5. The molecule has 0 amide bonds. The summed E-state index contributed by atoms with van der Waals surface area (Å²) in [4.78, 5) is 12.1. The third-order valence-electron chi connectivity index (χ3n) is 2.96. The molecule has 0 atom stereocenters. The maximum Gasteiger partial charge on any atom is 0.319 e. The summed E-state index contributed by atoms with van der Waals surface area (Å²) in [6, 6.07) is 2.21. The van der Waals surface area contributed by atoms with Crippen molar-refractivity contribution in [2.24, 2.45) is 0 Å². The molecule has 0 radical (unpaired) electrons. The number of ether oxygens (including phenoxy) is 2. The highest BCUT2D eigenvalue weighted by molar-refractivity contribution is 6.34. The van der Waals surface area contributed by atoms with Gasteiger partial charge in [0.25, 0.3) is 0 Å². The van der Waals surface area contributed by atoms with E-state index in [1.54, 1.807) is 6.20 Å². The molecule has 8 nitrogen and oxygen atoms in total. The Morgan fingerprint density at radius 1 is 1.23 bits per heavy atom. The van der Waals surface area contributed by atoms with Crippen LogP contribution in [0.1, 0.15) is 5.56 Å². The van der Waals surface area contributed by atoms with Crippen molar-refractivity contribution in [3.05, 3.63) is 29.3 Å². The van der Waals surface area contributed by atoms with Gasteiger partial charge in [-0.1, -0.05) is 11.6 Å². The van der Waals surface area contributed by atoms with E-state index in [0.29, 0.717) is 22.2 Å². The summed E-state index contributed by atoms with van der Waals surface area (Å²) in [5, 5.41) is 14.3. The van der Waals surface area contributed by atoms with Crippen molar-refractivity contribution in [2.75, 3.05) is 14.2 Å². The summed E-state index contributed by atoms with van der Waals surface area (Å²) in [5.41, 5.74) is 1.26. The average molecular weight is 317 g/mol. The average Bonchev–Trinajstić information content (AvgIpc) is 3.00. The van der Waals surface area contributed by atoms with Gasteiger partial charge in [-0.05, 0) is 0 Å². The lowest BCUT2D eigenvalue weighted by atomic mass is 10.2. The minimum Gasteiger partial charge on any atom is -0.479 e. The highest BCUT2D eigenvalue weighted by Gasteiger charge is 2.15. The van der Waals surface area contributed by atoms with Crippen LogP contribution in [0.15, 0.2) is 18.6 Å². The first-order valence-corrected chi connectivity index (χ1v) is 6.45. The largest absolute Gasteiger partial charge is 0.479 e. The highest BCUT2D eigenvalue weighted by Crippen LogP contribution is 2.27. The van der Waals surface area contributed by atoms with Crippen molar-refractivity contribution in [3.63, 3.8) is 0 Å². The molecule has 0 saturated carbocycles. The van der Waals surface area contributed by atoms with Crippen LogP contribution >= 0.6 is 11.6 Å². The fourth-order valence-electron chi connectivity index (χ4n) is 1.93. The van der Waals surface area contributed by atoms with Crippen LogP contribution in [0, 0.1) is 11.3 Å². The van der Waals surface area contributed by atoms with Gasteiger partial charge >= 0.3 is 6.01 Å². The Morgan fingerprint density at radius 2 is 2.05 bits per heavy atom. The van der Waals surface area contributed by atoms with Crippen LogP contribution in [0.2, 0.25) is 5.15 Å². The van der Waals surface area contributed by atoms with Gasteiger partial charge in [-0.3, -0.25) is 0 Å². The third kappa shape index (κ3) is 2.17. The number of nitriles is 1. The van der Waals surface area contributed by atoms with E-state index in [0.717, 1.165) is 0 Å². The molecule has 0 spiro atoms. The maximum absolute atomic E-state index is 9.13. The summed E-state index contributed by atoms with van der Waals surface area (Å²) in [6.07, 6.45) is 4.52. The zero-order valence-corrected chi connectivity index (χ0v) is 12.4. The Balaban J connectivity index is 2.23. The quantitative estimate of drug-likeness (QED) is 0.679. The molecule has 0 unspecified atom stereocenters. The summed E-state index contributed by atoms with van der Waals surface area (Å²) < 4.78 is 11.7. The van der Waals surface area contributed by atoms with Gasteiger partial charge in [-0.2, -0.15) is 15.3 Å². The van der Waals surface area contributed by atoms with Gasteiger partial charge in [0.15, 0.2) is 0 Å². The molecule has 3 aromatic rings. The molecule has 3 rings (SSSR count). The van der Waals surface area contributed by atoms with E-state index in [2.05, 4.69) is 20.1 Å². The molecule has 0 aliphatic heterocycles. The SMILES string of the molecule is COc1ncc(-n2cc3c(Cl)ncc(C#N)c3n2)c(OC)n1. The van der Waals surface area contributed by atoms with Crippen molar-refractivity contribution in [1.82, 2.24) is 24.7 Å². The van der Waals surface area contributed by atoms with Gasteiger partial charge in [-0.25, -0.2) is 14.6 Å². The number of hydrogen-bond acceptors (Lipinski definition) is 7. The van der Waals surface area contributed by atoms with Crippen LogP contribution in [-0.2, 0) is 0 Å². The van der Waals surface area contributed by atoms with E-state index in [1.165, 1.54) is 31.3 Å². The summed E-state index contributed by atoms with van der Waals surface area (Å²) in [7, 11) is 2.94. The molecule has 0 saturated heterocycles. The smallest absolute Gasteiger partial charge is 0.319 e. The number of rotatable bonds is 3. The zero-order valence-electron chi connectivity index (χ0n) is 11.6. The Hall–Kier alpha value is -2.92. The van der Waals surface area contributed by atoms with E-state index in [9.17, 15) is 0 Å². The number of pyridine rings is 1. The van der Waals surface area contributed by atoms with Crippen molar-refractivity contribution in [2.45, 2.75) is 0 Å². The molecule has 3 heterocycles. The van der Waals surface area contributed by atoms with Gasteiger partial charge in [-0.15, -0.1) is 0 Å². The fraction of sp³-hybridized carbons (Fsp3) is 0.154. The van der Waals surface area contributed by atoms with Crippen LogP contribution in [0.4, 0.5) is 0 Å². The summed E-state index contributed by atoms with van der Waals surface area (Å²) >= 11 is 6.05. The number of nitrogens with zero attached hydrogens (tertiary/aromatic N) is 6. The first-order valence-electron chi connectivity index (χ1n) is 6.07. The Kier molecular flexibility index (Phi) is 3.48. The second-order valence-electron chi connectivity index (χ2n) is 4.16. The molecule has 22 heavy (non-hydrogen) atoms. The minimum absolute atomic E-state index is 0.176. The predicted octanol–water partition coefficient (Wildman–Crippen LogP) is 1.75. The van der Waals surface area contributed by atoms with Crippen molar-refractivity contribution in [3.8, 4) is 23.6 Å². The standard InChI is InChI=1S/C13H9ClN6O2/c1-21-12-9(5-17-13(18-12)22-2)20-6-8-10(19-20)7(3-15)4-16-11(8)14/h4-6H,1-2H3. The van der Waals surface area contributed by atoms with E-state index < -0.39 is 0 Å². The second-order valence-corrected chi connectivity index (χ2v) is 4.52. The molecular formula is C13H9ClN6O2. The number of halogens is 1. The van der Waals surface area contributed by atoms with Gasteiger partial charge in [0.1, 0.15) is 22.4 Å². The van der Waals surface area contributed by atoms with E-state index in [1.807, 2.05) is 6.07 Å². The molecular weight excluding hydrogens is 308 g/mol. The first-order chi connectivity index (χ1) is 10.7. The minimum atomic E-state index is 0.176. The Morgan fingerprint density at radius 3 is 2.73 bits per heavy atom.